The zero-order valence-corrected chi connectivity index (χ0v) is 11.6. The first-order valence-corrected chi connectivity index (χ1v) is 7.10. The predicted octanol–water partition coefficient (Wildman–Crippen LogP) is 2.17. The Labute approximate surface area is 117 Å². The standard InChI is InChI=1S/C15H19N3O2/c1-2-11(18-15(19)10-7-8-20-9-10)14-16-12-5-3-4-6-13(12)17-14/h3-6,10-11H,2,7-9H2,1H3,(H,16,17)(H,18,19)/t10-,11-/m0/s1. The number of fused-ring (bicyclic) bond motifs is 1. The summed E-state index contributed by atoms with van der Waals surface area (Å²) in [5.41, 5.74) is 1.93. The summed E-state index contributed by atoms with van der Waals surface area (Å²) in [4.78, 5) is 20.0. The van der Waals surface area contributed by atoms with E-state index in [2.05, 4.69) is 15.3 Å². The van der Waals surface area contributed by atoms with Crippen LogP contribution in [-0.4, -0.2) is 29.1 Å². The number of carbonyl (C=O) groups is 1. The maximum absolute atomic E-state index is 12.2. The van der Waals surface area contributed by atoms with Crippen molar-refractivity contribution in [3.05, 3.63) is 30.1 Å². The minimum absolute atomic E-state index is 0.0200. The second-order valence-electron chi connectivity index (χ2n) is 5.17. The van der Waals surface area contributed by atoms with Crippen molar-refractivity contribution < 1.29 is 9.53 Å². The Morgan fingerprint density at radius 2 is 2.40 bits per heavy atom. The molecule has 2 N–H and O–H groups in total. The van der Waals surface area contributed by atoms with Crippen molar-refractivity contribution in [1.29, 1.82) is 0 Å². The molecule has 0 saturated carbocycles. The van der Waals surface area contributed by atoms with Gasteiger partial charge in [-0.2, -0.15) is 0 Å². The number of carbonyl (C=O) groups excluding carboxylic acids is 1. The van der Waals surface area contributed by atoms with Crippen LogP contribution in [0.15, 0.2) is 24.3 Å². The Balaban J connectivity index is 1.76. The van der Waals surface area contributed by atoms with Crippen LogP contribution in [0, 0.1) is 5.92 Å². The molecule has 5 nitrogen and oxygen atoms in total. The highest BCUT2D eigenvalue weighted by Gasteiger charge is 2.26. The third-order valence-electron chi connectivity index (χ3n) is 3.76. The lowest BCUT2D eigenvalue weighted by molar-refractivity contribution is -0.125. The van der Waals surface area contributed by atoms with Crippen LogP contribution in [0.1, 0.15) is 31.6 Å². The van der Waals surface area contributed by atoms with Crippen molar-refractivity contribution in [3.8, 4) is 0 Å². The van der Waals surface area contributed by atoms with E-state index < -0.39 is 0 Å². The number of imidazole rings is 1. The van der Waals surface area contributed by atoms with Gasteiger partial charge < -0.3 is 15.0 Å². The molecule has 20 heavy (non-hydrogen) atoms. The van der Waals surface area contributed by atoms with Gasteiger partial charge in [0.15, 0.2) is 0 Å². The van der Waals surface area contributed by atoms with Crippen LogP contribution in [0.5, 0.6) is 0 Å². The van der Waals surface area contributed by atoms with Crippen LogP contribution >= 0.6 is 0 Å². The lowest BCUT2D eigenvalue weighted by atomic mass is 10.1. The molecular formula is C15H19N3O2. The van der Waals surface area contributed by atoms with E-state index in [1.165, 1.54) is 0 Å². The van der Waals surface area contributed by atoms with E-state index in [9.17, 15) is 4.79 Å². The Morgan fingerprint density at radius 1 is 1.55 bits per heavy atom. The number of nitrogens with zero attached hydrogens (tertiary/aromatic N) is 1. The quantitative estimate of drug-likeness (QED) is 0.897. The molecule has 1 amide bonds. The highest BCUT2D eigenvalue weighted by molar-refractivity contribution is 5.80. The van der Waals surface area contributed by atoms with Gasteiger partial charge in [0.1, 0.15) is 5.82 Å². The second-order valence-corrected chi connectivity index (χ2v) is 5.17. The Bertz CT molecular complexity index is 569. The Kier molecular flexibility index (Phi) is 3.69. The molecule has 0 unspecified atom stereocenters. The average Bonchev–Trinajstić information content (AvgIpc) is 3.12. The van der Waals surface area contributed by atoms with E-state index >= 15 is 0 Å². The summed E-state index contributed by atoms with van der Waals surface area (Å²) in [6.45, 7) is 3.26. The van der Waals surface area contributed by atoms with E-state index in [4.69, 9.17) is 4.74 Å². The maximum atomic E-state index is 12.2. The molecule has 1 aromatic carbocycles. The van der Waals surface area contributed by atoms with Gasteiger partial charge in [-0.05, 0) is 25.0 Å². The van der Waals surface area contributed by atoms with E-state index in [1.54, 1.807) is 0 Å². The number of hydrogen-bond donors (Lipinski definition) is 2. The Morgan fingerprint density at radius 3 is 3.10 bits per heavy atom. The zero-order valence-electron chi connectivity index (χ0n) is 11.6. The van der Waals surface area contributed by atoms with Gasteiger partial charge in [0, 0.05) is 6.61 Å². The molecule has 5 heteroatoms. The summed E-state index contributed by atoms with van der Waals surface area (Å²) in [6, 6.07) is 7.82. The summed E-state index contributed by atoms with van der Waals surface area (Å²) in [5.74, 6) is 0.865. The normalized spacial score (nSPS) is 20.1. The van der Waals surface area contributed by atoms with Crippen LogP contribution in [0.4, 0.5) is 0 Å². The third kappa shape index (κ3) is 2.54. The van der Waals surface area contributed by atoms with E-state index in [0.717, 1.165) is 29.7 Å². The van der Waals surface area contributed by atoms with Crippen LogP contribution in [0.3, 0.4) is 0 Å². The number of rotatable bonds is 4. The minimum Gasteiger partial charge on any atom is -0.381 e. The van der Waals surface area contributed by atoms with E-state index in [-0.39, 0.29) is 17.9 Å². The van der Waals surface area contributed by atoms with Crippen molar-refractivity contribution in [2.45, 2.75) is 25.8 Å². The summed E-state index contributed by atoms with van der Waals surface area (Å²) in [7, 11) is 0. The molecule has 1 fully saturated rings. The number of H-pyrrole nitrogens is 1. The minimum atomic E-state index is -0.0736. The second kappa shape index (κ2) is 5.63. The number of nitrogens with one attached hydrogen (secondary N) is 2. The van der Waals surface area contributed by atoms with Gasteiger partial charge in [-0.3, -0.25) is 4.79 Å². The van der Waals surface area contributed by atoms with Crippen LogP contribution in [0.2, 0.25) is 0 Å². The number of para-hydroxylation sites is 2. The van der Waals surface area contributed by atoms with Gasteiger partial charge in [-0.1, -0.05) is 19.1 Å². The molecule has 1 aliphatic heterocycles. The first-order valence-electron chi connectivity index (χ1n) is 7.10. The number of aromatic amines is 1. The van der Waals surface area contributed by atoms with E-state index in [0.29, 0.717) is 13.2 Å². The molecular weight excluding hydrogens is 254 g/mol. The smallest absolute Gasteiger partial charge is 0.226 e. The molecule has 0 aliphatic carbocycles. The molecule has 2 aromatic rings. The molecule has 1 aliphatic rings. The van der Waals surface area contributed by atoms with Crippen LogP contribution < -0.4 is 5.32 Å². The number of benzene rings is 1. The Hall–Kier alpha value is -1.88. The molecule has 2 heterocycles. The molecule has 2 atom stereocenters. The SMILES string of the molecule is CC[C@H](NC(=O)[C@H]1CCOC1)c1nc2ccccc2[nH]1. The van der Waals surface area contributed by atoms with Crippen molar-refractivity contribution in [2.75, 3.05) is 13.2 Å². The van der Waals surface area contributed by atoms with Crippen molar-refractivity contribution in [3.63, 3.8) is 0 Å². The lowest BCUT2D eigenvalue weighted by Gasteiger charge is -2.17. The first-order chi connectivity index (χ1) is 9.78. The topological polar surface area (TPSA) is 67.0 Å². The van der Waals surface area contributed by atoms with E-state index in [1.807, 2.05) is 31.2 Å². The lowest BCUT2D eigenvalue weighted by Crippen LogP contribution is -2.34. The third-order valence-corrected chi connectivity index (χ3v) is 3.76. The zero-order chi connectivity index (χ0) is 13.9. The number of aromatic nitrogens is 2. The fourth-order valence-corrected chi connectivity index (χ4v) is 2.53. The van der Waals surface area contributed by atoms with Gasteiger partial charge in [0.05, 0.1) is 29.6 Å². The monoisotopic (exact) mass is 273 g/mol. The number of hydrogen-bond acceptors (Lipinski definition) is 3. The highest BCUT2D eigenvalue weighted by atomic mass is 16.5. The predicted molar refractivity (Wildman–Crippen MR) is 76.2 cm³/mol. The van der Waals surface area contributed by atoms with Crippen molar-refractivity contribution >= 4 is 16.9 Å². The number of amides is 1. The molecule has 1 aromatic heterocycles. The molecule has 1 saturated heterocycles. The molecule has 3 rings (SSSR count). The van der Waals surface area contributed by atoms with Gasteiger partial charge >= 0.3 is 0 Å². The maximum Gasteiger partial charge on any atom is 0.226 e. The summed E-state index contributed by atoms with van der Waals surface area (Å²) < 4.78 is 5.26. The summed E-state index contributed by atoms with van der Waals surface area (Å²) >= 11 is 0. The van der Waals surface area contributed by atoms with Gasteiger partial charge in [-0.25, -0.2) is 4.98 Å². The average molecular weight is 273 g/mol. The summed E-state index contributed by atoms with van der Waals surface area (Å²) in [5, 5.41) is 3.07. The fraction of sp³-hybridized carbons (Fsp3) is 0.467. The number of ether oxygens (including phenoxy) is 1. The van der Waals surface area contributed by atoms with Crippen LogP contribution in [0.25, 0.3) is 11.0 Å². The first kappa shape index (κ1) is 13.1. The molecule has 0 bridgehead atoms. The molecule has 106 valence electrons. The van der Waals surface area contributed by atoms with Crippen LogP contribution in [-0.2, 0) is 9.53 Å². The fourth-order valence-electron chi connectivity index (χ4n) is 2.53. The van der Waals surface area contributed by atoms with Gasteiger partial charge in [0.2, 0.25) is 5.91 Å². The molecule has 0 radical (unpaired) electrons. The molecule has 0 spiro atoms. The van der Waals surface area contributed by atoms with Crippen molar-refractivity contribution in [1.82, 2.24) is 15.3 Å². The highest BCUT2D eigenvalue weighted by Crippen LogP contribution is 2.20. The van der Waals surface area contributed by atoms with Gasteiger partial charge in [-0.15, -0.1) is 0 Å². The van der Waals surface area contributed by atoms with Crippen molar-refractivity contribution in [2.24, 2.45) is 5.92 Å². The summed E-state index contributed by atoms with van der Waals surface area (Å²) in [6.07, 6.45) is 1.61. The largest absolute Gasteiger partial charge is 0.381 e. The van der Waals surface area contributed by atoms with Gasteiger partial charge in [0.25, 0.3) is 0 Å².